The first-order valence-electron chi connectivity index (χ1n) is 9.84. The fraction of sp³-hybridized carbons (Fsp3) is 0.304. The monoisotopic (exact) mass is 425 g/mol. The Morgan fingerprint density at radius 2 is 1.90 bits per heavy atom. The van der Waals surface area contributed by atoms with Crippen molar-refractivity contribution in [1.82, 2.24) is 9.88 Å². The molecule has 1 aromatic heterocycles. The summed E-state index contributed by atoms with van der Waals surface area (Å²) in [6.45, 7) is 9.26. The molecular formula is C23H27N3OS2. The number of aromatic nitrogens is 1. The van der Waals surface area contributed by atoms with Crippen molar-refractivity contribution >= 4 is 34.7 Å². The van der Waals surface area contributed by atoms with Crippen molar-refractivity contribution in [3.8, 4) is 0 Å². The highest BCUT2D eigenvalue weighted by atomic mass is 32.2. The van der Waals surface area contributed by atoms with Gasteiger partial charge in [-0.15, -0.1) is 23.1 Å². The maximum absolute atomic E-state index is 12.6. The zero-order valence-electron chi connectivity index (χ0n) is 17.1. The molecule has 0 aliphatic carbocycles. The quantitative estimate of drug-likeness (QED) is 0.438. The van der Waals surface area contributed by atoms with Gasteiger partial charge in [0.25, 0.3) is 5.91 Å². The van der Waals surface area contributed by atoms with Crippen LogP contribution in [0.25, 0.3) is 0 Å². The number of carbonyl (C=O) groups is 1. The molecule has 0 aliphatic rings. The fourth-order valence-electron chi connectivity index (χ4n) is 2.99. The Balaban J connectivity index is 1.57. The first kappa shape index (κ1) is 21.6. The molecule has 1 heterocycles. The van der Waals surface area contributed by atoms with Gasteiger partial charge < -0.3 is 5.32 Å². The molecule has 4 nitrogen and oxygen atoms in total. The van der Waals surface area contributed by atoms with Gasteiger partial charge in [-0.1, -0.05) is 26.0 Å². The van der Waals surface area contributed by atoms with Crippen LogP contribution in [0.3, 0.4) is 0 Å². The van der Waals surface area contributed by atoms with E-state index in [1.54, 1.807) is 23.1 Å². The molecule has 1 N–H and O–H groups in total. The Labute approximate surface area is 181 Å². The molecule has 0 radical (unpaired) electrons. The molecule has 0 fully saturated rings. The van der Waals surface area contributed by atoms with Crippen LogP contribution in [0.1, 0.15) is 40.5 Å². The number of thiazole rings is 1. The molecule has 1 amide bonds. The van der Waals surface area contributed by atoms with Gasteiger partial charge in [0.1, 0.15) is 0 Å². The van der Waals surface area contributed by atoms with Crippen molar-refractivity contribution in [2.75, 3.05) is 18.4 Å². The summed E-state index contributed by atoms with van der Waals surface area (Å²) in [4.78, 5) is 20.6. The van der Waals surface area contributed by atoms with E-state index in [4.69, 9.17) is 0 Å². The van der Waals surface area contributed by atoms with E-state index in [0.717, 1.165) is 46.7 Å². The number of hydrogen-bond acceptors (Lipinski definition) is 5. The lowest BCUT2D eigenvalue weighted by molar-refractivity contribution is 0.102. The van der Waals surface area contributed by atoms with Gasteiger partial charge in [-0.05, 0) is 62.0 Å². The number of rotatable bonds is 9. The molecule has 0 aliphatic heterocycles. The molecule has 0 saturated carbocycles. The predicted molar refractivity (Wildman–Crippen MR) is 124 cm³/mol. The number of hydrogen-bond donors (Lipinski definition) is 1. The first-order valence-corrected chi connectivity index (χ1v) is 11.7. The van der Waals surface area contributed by atoms with Crippen LogP contribution in [-0.4, -0.2) is 28.9 Å². The lowest BCUT2D eigenvalue weighted by atomic mass is 10.1. The van der Waals surface area contributed by atoms with Crippen LogP contribution >= 0.6 is 23.1 Å². The van der Waals surface area contributed by atoms with Crippen LogP contribution in [0, 0.1) is 6.92 Å². The van der Waals surface area contributed by atoms with Gasteiger partial charge >= 0.3 is 0 Å². The van der Waals surface area contributed by atoms with Crippen molar-refractivity contribution < 1.29 is 4.79 Å². The molecule has 0 bridgehead atoms. The highest BCUT2D eigenvalue weighted by molar-refractivity contribution is 7.98. The summed E-state index contributed by atoms with van der Waals surface area (Å²) in [6.07, 6.45) is 0. The van der Waals surface area contributed by atoms with Crippen molar-refractivity contribution in [3.63, 3.8) is 0 Å². The number of aryl methyl sites for hydroxylation is 1. The van der Waals surface area contributed by atoms with E-state index in [1.165, 1.54) is 5.56 Å². The van der Waals surface area contributed by atoms with E-state index in [9.17, 15) is 4.79 Å². The summed E-state index contributed by atoms with van der Waals surface area (Å²) in [7, 11) is 0. The summed E-state index contributed by atoms with van der Waals surface area (Å²) < 4.78 is 0. The highest BCUT2D eigenvalue weighted by Gasteiger charge is 2.08. The molecule has 0 unspecified atom stereocenters. The largest absolute Gasteiger partial charge is 0.322 e. The summed E-state index contributed by atoms with van der Waals surface area (Å²) in [5.74, 6) is 0.756. The maximum Gasteiger partial charge on any atom is 0.255 e. The second-order valence-electron chi connectivity index (χ2n) is 6.79. The Bertz CT molecular complexity index is 933. The van der Waals surface area contributed by atoms with Crippen molar-refractivity contribution in [3.05, 3.63) is 75.7 Å². The number of thioether (sulfide) groups is 1. The smallest absolute Gasteiger partial charge is 0.255 e. The number of nitrogens with one attached hydrogen (secondary N) is 1. The summed E-state index contributed by atoms with van der Waals surface area (Å²) in [5.41, 5.74) is 3.80. The van der Waals surface area contributed by atoms with Crippen molar-refractivity contribution in [2.45, 2.75) is 38.0 Å². The number of amides is 1. The Morgan fingerprint density at radius 1 is 1.14 bits per heavy atom. The van der Waals surface area contributed by atoms with Gasteiger partial charge in [0.15, 0.2) is 0 Å². The topological polar surface area (TPSA) is 45.2 Å². The van der Waals surface area contributed by atoms with Crippen LogP contribution in [0.2, 0.25) is 0 Å². The molecule has 0 spiro atoms. The minimum atomic E-state index is -0.0864. The fourth-order valence-corrected chi connectivity index (χ4v) is 4.50. The predicted octanol–water partition coefficient (Wildman–Crippen LogP) is 5.84. The molecule has 0 atom stereocenters. The minimum absolute atomic E-state index is 0.0864. The molecule has 6 heteroatoms. The molecule has 0 saturated heterocycles. The van der Waals surface area contributed by atoms with E-state index in [-0.39, 0.29) is 5.91 Å². The highest BCUT2D eigenvalue weighted by Crippen LogP contribution is 2.24. The van der Waals surface area contributed by atoms with Gasteiger partial charge in [0.05, 0.1) is 10.7 Å². The van der Waals surface area contributed by atoms with Gasteiger partial charge in [0, 0.05) is 33.8 Å². The number of anilines is 1. The minimum Gasteiger partial charge on any atom is -0.322 e. The van der Waals surface area contributed by atoms with Crippen molar-refractivity contribution in [1.29, 1.82) is 0 Å². The molecular weight excluding hydrogens is 398 g/mol. The van der Waals surface area contributed by atoms with E-state index >= 15 is 0 Å². The third-order valence-corrected chi connectivity index (χ3v) is 6.52. The van der Waals surface area contributed by atoms with E-state index in [1.807, 2.05) is 43.3 Å². The number of benzene rings is 2. The average molecular weight is 426 g/mol. The summed E-state index contributed by atoms with van der Waals surface area (Å²) >= 11 is 3.40. The second-order valence-corrected chi connectivity index (χ2v) is 8.90. The zero-order valence-corrected chi connectivity index (χ0v) is 18.8. The molecule has 2 aromatic carbocycles. The van der Waals surface area contributed by atoms with Gasteiger partial charge in [-0.25, -0.2) is 4.98 Å². The van der Waals surface area contributed by atoms with Crippen LogP contribution in [-0.2, 0) is 12.3 Å². The van der Waals surface area contributed by atoms with E-state index in [2.05, 4.69) is 46.6 Å². The number of carbonyl (C=O) groups excluding carboxylic acids is 1. The Kier molecular flexibility index (Phi) is 7.86. The van der Waals surface area contributed by atoms with Crippen LogP contribution in [0.5, 0.6) is 0 Å². The average Bonchev–Trinajstić information content (AvgIpc) is 3.16. The molecule has 3 aromatic rings. The third kappa shape index (κ3) is 6.42. The zero-order chi connectivity index (χ0) is 20.6. The Hall–Kier alpha value is -2.15. The number of nitrogens with zero attached hydrogens (tertiary/aromatic N) is 2. The van der Waals surface area contributed by atoms with Gasteiger partial charge in [-0.3, -0.25) is 9.69 Å². The maximum atomic E-state index is 12.6. The van der Waals surface area contributed by atoms with E-state index in [0.29, 0.717) is 5.56 Å². The van der Waals surface area contributed by atoms with E-state index < -0.39 is 0 Å². The SMILES string of the molecule is CCN(CC)Cc1cccc(NC(=O)c2ccc(SCc3csc(C)n3)cc2)c1. The molecule has 3 rings (SSSR count). The van der Waals surface area contributed by atoms with Gasteiger partial charge in [0.2, 0.25) is 0 Å². The lowest BCUT2D eigenvalue weighted by Crippen LogP contribution is -2.22. The van der Waals surface area contributed by atoms with Crippen molar-refractivity contribution in [2.24, 2.45) is 0 Å². The third-order valence-electron chi connectivity index (χ3n) is 4.66. The van der Waals surface area contributed by atoms with Gasteiger partial charge in [-0.2, -0.15) is 0 Å². The molecule has 29 heavy (non-hydrogen) atoms. The standard InChI is InChI=1S/C23H27N3OS2/c1-4-26(5-2)14-18-7-6-8-20(13-18)25-23(27)19-9-11-22(12-10-19)29-16-21-15-28-17(3)24-21/h6-13,15H,4-5,14,16H2,1-3H3,(H,25,27). The summed E-state index contributed by atoms with van der Waals surface area (Å²) in [6, 6.07) is 15.8. The second kappa shape index (κ2) is 10.6. The normalized spacial score (nSPS) is 11.0. The summed E-state index contributed by atoms with van der Waals surface area (Å²) in [5, 5.41) is 6.20. The molecule has 152 valence electrons. The first-order chi connectivity index (χ1) is 14.1. The van der Waals surface area contributed by atoms with Crippen LogP contribution in [0.4, 0.5) is 5.69 Å². The Morgan fingerprint density at radius 3 is 2.55 bits per heavy atom. The van der Waals surface area contributed by atoms with Crippen LogP contribution in [0.15, 0.2) is 58.8 Å². The lowest BCUT2D eigenvalue weighted by Gasteiger charge is -2.18. The van der Waals surface area contributed by atoms with Crippen LogP contribution < -0.4 is 5.32 Å².